The van der Waals surface area contributed by atoms with Crippen LogP contribution >= 0.6 is 0 Å². The Labute approximate surface area is 123 Å². The van der Waals surface area contributed by atoms with Crippen LogP contribution in [-0.2, 0) is 0 Å². The number of hydrogen-bond donors (Lipinski definition) is 2. The molecule has 4 nitrogen and oxygen atoms in total. The zero-order valence-electron chi connectivity index (χ0n) is 12.2. The number of rotatable bonds is 3. The summed E-state index contributed by atoms with van der Waals surface area (Å²) >= 11 is 0. The highest BCUT2D eigenvalue weighted by atomic mass is 16.3. The Kier molecular flexibility index (Phi) is 3.33. The number of benzene rings is 1. The van der Waals surface area contributed by atoms with Crippen LogP contribution in [0.4, 0.5) is 0 Å². The normalized spacial score (nSPS) is 23.4. The van der Waals surface area contributed by atoms with Crippen molar-refractivity contribution >= 4 is 5.91 Å². The molecular weight excluding hydrogens is 266 g/mol. The fourth-order valence-corrected chi connectivity index (χ4v) is 2.70. The maximum atomic E-state index is 12.4. The van der Waals surface area contributed by atoms with Gasteiger partial charge in [0.25, 0.3) is 5.91 Å². The van der Waals surface area contributed by atoms with Gasteiger partial charge in [-0.05, 0) is 18.1 Å². The number of carbonyl (C=O) groups is 1. The fourth-order valence-electron chi connectivity index (χ4n) is 2.70. The Bertz CT molecular complexity index is 645. The number of hydrogen-bond acceptors (Lipinski definition) is 3. The molecular formula is C17H19NO3. The summed E-state index contributed by atoms with van der Waals surface area (Å²) in [5, 5.41) is 12.7. The molecule has 2 aromatic rings. The lowest BCUT2D eigenvalue weighted by atomic mass is 9.64. The predicted octanol–water partition coefficient (Wildman–Crippen LogP) is 2.84. The molecule has 3 rings (SSSR count). The lowest BCUT2D eigenvalue weighted by Crippen LogP contribution is -2.61. The van der Waals surface area contributed by atoms with Crippen LogP contribution < -0.4 is 5.32 Å². The number of furan rings is 1. The second-order valence-electron chi connectivity index (χ2n) is 6.13. The maximum Gasteiger partial charge on any atom is 0.287 e. The lowest BCUT2D eigenvalue weighted by Gasteiger charge is -2.49. The molecule has 2 unspecified atom stereocenters. The highest BCUT2D eigenvalue weighted by molar-refractivity contribution is 5.98. The van der Waals surface area contributed by atoms with Crippen LogP contribution in [0, 0.1) is 5.41 Å². The molecule has 1 aliphatic carbocycles. The number of aliphatic hydroxyl groups is 1. The smallest absolute Gasteiger partial charge is 0.287 e. The van der Waals surface area contributed by atoms with Crippen LogP contribution in [-0.4, -0.2) is 23.2 Å². The van der Waals surface area contributed by atoms with Gasteiger partial charge in [0.1, 0.15) is 0 Å². The summed E-state index contributed by atoms with van der Waals surface area (Å²) in [6.07, 6.45) is 1.74. The minimum absolute atomic E-state index is 0.0336. The van der Waals surface area contributed by atoms with Gasteiger partial charge in [-0.15, -0.1) is 0 Å². The van der Waals surface area contributed by atoms with Crippen molar-refractivity contribution in [1.82, 2.24) is 5.32 Å². The Morgan fingerprint density at radius 1 is 1.29 bits per heavy atom. The van der Waals surface area contributed by atoms with E-state index in [-0.39, 0.29) is 23.5 Å². The van der Waals surface area contributed by atoms with Crippen molar-refractivity contribution in [2.24, 2.45) is 5.41 Å². The summed E-state index contributed by atoms with van der Waals surface area (Å²) in [5.41, 5.74) is 1.44. The number of carbonyl (C=O) groups excluding carboxylic acids is 1. The number of aliphatic hydroxyl groups excluding tert-OH is 1. The Morgan fingerprint density at radius 2 is 2.00 bits per heavy atom. The summed E-state index contributed by atoms with van der Waals surface area (Å²) in [7, 11) is 0. The molecule has 1 aliphatic rings. The predicted molar refractivity (Wildman–Crippen MR) is 79.8 cm³/mol. The van der Waals surface area contributed by atoms with Gasteiger partial charge in [0.2, 0.25) is 0 Å². The third kappa shape index (κ3) is 2.36. The van der Waals surface area contributed by atoms with Gasteiger partial charge in [0, 0.05) is 17.0 Å². The van der Waals surface area contributed by atoms with Crippen molar-refractivity contribution in [2.45, 2.75) is 32.4 Å². The standard InChI is InChI=1S/C17H19NO3/c1-17(2)13(10-14(17)19)18-16(20)15-12(8-9-21-15)11-6-4-3-5-7-11/h3-9,13-14,19H,10H2,1-2H3,(H,18,20). The molecule has 1 saturated carbocycles. The average Bonchev–Trinajstić information content (AvgIpc) is 2.97. The molecule has 4 heteroatoms. The van der Waals surface area contributed by atoms with Crippen molar-refractivity contribution < 1.29 is 14.3 Å². The molecule has 1 aromatic heterocycles. The monoisotopic (exact) mass is 285 g/mol. The Balaban J connectivity index is 1.80. The van der Waals surface area contributed by atoms with E-state index < -0.39 is 0 Å². The first kappa shape index (κ1) is 13.9. The van der Waals surface area contributed by atoms with Crippen molar-refractivity contribution in [3.8, 4) is 11.1 Å². The van der Waals surface area contributed by atoms with Crippen molar-refractivity contribution in [1.29, 1.82) is 0 Å². The van der Waals surface area contributed by atoms with Gasteiger partial charge in [0.05, 0.1) is 12.4 Å². The minimum Gasteiger partial charge on any atom is -0.459 e. The number of nitrogens with one attached hydrogen (secondary N) is 1. The van der Waals surface area contributed by atoms with E-state index >= 15 is 0 Å². The van der Waals surface area contributed by atoms with E-state index in [0.717, 1.165) is 11.1 Å². The molecule has 21 heavy (non-hydrogen) atoms. The van der Waals surface area contributed by atoms with E-state index in [4.69, 9.17) is 4.42 Å². The lowest BCUT2D eigenvalue weighted by molar-refractivity contribution is -0.0691. The largest absolute Gasteiger partial charge is 0.459 e. The van der Waals surface area contributed by atoms with E-state index in [2.05, 4.69) is 5.32 Å². The van der Waals surface area contributed by atoms with Crippen LogP contribution in [0.25, 0.3) is 11.1 Å². The second-order valence-corrected chi connectivity index (χ2v) is 6.13. The zero-order chi connectivity index (χ0) is 15.0. The third-order valence-corrected chi connectivity index (χ3v) is 4.48. The number of amides is 1. The van der Waals surface area contributed by atoms with Gasteiger partial charge in [0.15, 0.2) is 5.76 Å². The first-order chi connectivity index (χ1) is 10.00. The SMILES string of the molecule is CC1(C)C(O)CC1NC(=O)c1occc1-c1ccccc1. The highest BCUT2D eigenvalue weighted by Gasteiger charge is 2.48. The molecule has 1 heterocycles. The molecule has 0 saturated heterocycles. The summed E-state index contributed by atoms with van der Waals surface area (Å²) < 4.78 is 5.37. The summed E-state index contributed by atoms with van der Waals surface area (Å²) in [6.45, 7) is 3.90. The van der Waals surface area contributed by atoms with E-state index in [1.54, 1.807) is 6.07 Å². The molecule has 2 atom stereocenters. The Hall–Kier alpha value is -2.07. The van der Waals surface area contributed by atoms with Gasteiger partial charge < -0.3 is 14.8 Å². The van der Waals surface area contributed by atoms with E-state index in [9.17, 15) is 9.90 Å². The van der Waals surface area contributed by atoms with E-state index in [0.29, 0.717) is 12.2 Å². The molecule has 1 amide bonds. The second kappa shape index (κ2) is 5.04. The molecule has 1 fully saturated rings. The maximum absolute atomic E-state index is 12.4. The first-order valence-corrected chi connectivity index (χ1v) is 7.12. The van der Waals surface area contributed by atoms with E-state index in [1.165, 1.54) is 6.26 Å². The summed E-state index contributed by atoms with van der Waals surface area (Å²) in [6, 6.07) is 11.4. The Morgan fingerprint density at radius 3 is 2.62 bits per heavy atom. The van der Waals surface area contributed by atoms with Gasteiger partial charge in [-0.1, -0.05) is 44.2 Å². The zero-order valence-corrected chi connectivity index (χ0v) is 12.2. The molecule has 0 radical (unpaired) electrons. The average molecular weight is 285 g/mol. The van der Waals surface area contributed by atoms with Gasteiger partial charge in [-0.3, -0.25) is 4.79 Å². The quantitative estimate of drug-likeness (QED) is 0.911. The van der Waals surface area contributed by atoms with Crippen LogP contribution in [0.15, 0.2) is 47.1 Å². The van der Waals surface area contributed by atoms with E-state index in [1.807, 2.05) is 44.2 Å². The van der Waals surface area contributed by atoms with Crippen LogP contribution in [0.1, 0.15) is 30.8 Å². The van der Waals surface area contributed by atoms with Crippen LogP contribution in [0.3, 0.4) is 0 Å². The summed E-state index contributed by atoms with van der Waals surface area (Å²) in [5.74, 6) is 0.0854. The molecule has 1 aromatic carbocycles. The highest BCUT2D eigenvalue weighted by Crippen LogP contribution is 2.40. The fraction of sp³-hybridized carbons (Fsp3) is 0.353. The van der Waals surface area contributed by atoms with Crippen molar-refractivity contribution in [3.05, 3.63) is 48.4 Å². The molecule has 110 valence electrons. The van der Waals surface area contributed by atoms with Crippen LogP contribution in [0.5, 0.6) is 0 Å². The van der Waals surface area contributed by atoms with Gasteiger partial charge >= 0.3 is 0 Å². The third-order valence-electron chi connectivity index (χ3n) is 4.48. The van der Waals surface area contributed by atoms with Crippen LogP contribution in [0.2, 0.25) is 0 Å². The first-order valence-electron chi connectivity index (χ1n) is 7.12. The summed E-state index contributed by atoms with van der Waals surface area (Å²) in [4.78, 5) is 12.4. The van der Waals surface area contributed by atoms with Gasteiger partial charge in [-0.2, -0.15) is 0 Å². The minimum atomic E-state index is -0.368. The molecule has 0 bridgehead atoms. The molecule has 0 spiro atoms. The molecule has 0 aliphatic heterocycles. The van der Waals surface area contributed by atoms with Gasteiger partial charge in [-0.25, -0.2) is 0 Å². The molecule has 2 N–H and O–H groups in total. The van der Waals surface area contributed by atoms with Crippen molar-refractivity contribution in [3.63, 3.8) is 0 Å². The van der Waals surface area contributed by atoms with Crippen molar-refractivity contribution in [2.75, 3.05) is 0 Å². The topological polar surface area (TPSA) is 62.5 Å².